The first-order chi connectivity index (χ1) is 12.3. The van der Waals surface area contributed by atoms with Crippen LogP contribution in [0.4, 0.5) is 0 Å². The van der Waals surface area contributed by atoms with Crippen LogP contribution in [0.15, 0.2) is 28.3 Å². The van der Waals surface area contributed by atoms with Gasteiger partial charge in [-0.15, -0.1) is 0 Å². The lowest BCUT2D eigenvalue weighted by Gasteiger charge is -2.25. The lowest BCUT2D eigenvalue weighted by molar-refractivity contribution is 0.149. The molecule has 1 unspecified atom stereocenters. The van der Waals surface area contributed by atoms with Crippen LogP contribution >= 0.6 is 11.8 Å². The van der Waals surface area contributed by atoms with Crippen molar-refractivity contribution in [2.45, 2.75) is 37.9 Å². The summed E-state index contributed by atoms with van der Waals surface area (Å²) in [5.41, 5.74) is 1.76. The largest absolute Gasteiger partial charge is 0.384 e. The molecule has 0 N–H and O–H groups in total. The molecular weight excluding hydrogens is 348 g/mol. The van der Waals surface area contributed by atoms with Gasteiger partial charge in [-0.25, -0.2) is 4.98 Å². The van der Waals surface area contributed by atoms with E-state index in [0.29, 0.717) is 29.6 Å². The van der Waals surface area contributed by atoms with Crippen molar-refractivity contribution < 1.29 is 4.74 Å². The van der Waals surface area contributed by atoms with Crippen molar-refractivity contribution in [1.82, 2.24) is 14.5 Å². The Kier molecular flexibility index (Phi) is 5.17. The van der Waals surface area contributed by atoms with Crippen molar-refractivity contribution in [2.24, 2.45) is 5.92 Å². The van der Waals surface area contributed by atoms with Crippen LogP contribution in [0.5, 0.6) is 0 Å². The van der Waals surface area contributed by atoms with Crippen molar-refractivity contribution in [3.63, 3.8) is 0 Å². The number of hydrogen-bond donors (Lipinski definition) is 0. The van der Waals surface area contributed by atoms with Crippen LogP contribution in [0.1, 0.15) is 32.0 Å². The molecule has 136 valence electrons. The fourth-order valence-electron chi connectivity index (χ4n) is 2.93. The maximum Gasteiger partial charge on any atom is 0.272 e. The van der Waals surface area contributed by atoms with E-state index in [4.69, 9.17) is 4.74 Å². The Morgan fingerprint density at radius 1 is 1.42 bits per heavy atom. The minimum Gasteiger partial charge on any atom is -0.384 e. The third-order valence-corrected chi connectivity index (χ3v) is 5.55. The average Bonchev–Trinajstić information content (AvgIpc) is 2.61. The van der Waals surface area contributed by atoms with Gasteiger partial charge in [0.15, 0.2) is 5.16 Å². The van der Waals surface area contributed by atoms with Gasteiger partial charge in [0.05, 0.1) is 12.3 Å². The van der Waals surface area contributed by atoms with Crippen LogP contribution < -0.4 is 5.56 Å². The van der Waals surface area contributed by atoms with Crippen LogP contribution in [0.3, 0.4) is 0 Å². The third-order valence-electron chi connectivity index (χ3n) is 4.34. The summed E-state index contributed by atoms with van der Waals surface area (Å²) in [5.74, 6) is 1.08. The number of nitrogens with zero attached hydrogens (tertiary/aromatic N) is 4. The molecule has 0 radical (unpaired) electrons. The van der Waals surface area contributed by atoms with Crippen LogP contribution in [0.2, 0.25) is 0 Å². The van der Waals surface area contributed by atoms with E-state index in [1.54, 1.807) is 17.9 Å². The van der Waals surface area contributed by atoms with Crippen LogP contribution in [-0.2, 0) is 16.7 Å². The molecule has 1 aliphatic heterocycles. The summed E-state index contributed by atoms with van der Waals surface area (Å²) in [6.07, 6.45) is 1.70. The van der Waals surface area contributed by atoms with Gasteiger partial charge >= 0.3 is 0 Å². The Morgan fingerprint density at radius 2 is 2.19 bits per heavy atom. The van der Waals surface area contributed by atoms with E-state index in [1.165, 1.54) is 11.8 Å². The van der Waals surface area contributed by atoms with Crippen LogP contribution in [0.25, 0.3) is 11.3 Å². The topological polar surface area (TPSA) is 80.8 Å². The zero-order valence-electron chi connectivity index (χ0n) is 15.4. The zero-order valence-corrected chi connectivity index (χ0v) is 16.3. The van der Waals surface area contributed by atoms with Gasteiger partial charge in [-0.2, -0.15) is 5.26 Å². The lowest BCUT2D eigenvalue weighted by Crippen LogP contribution is -2.34. The molecule has 3 heterocycles. The Hall–Kier alpha value is -2.17. The van der Waals surface area contributed by atoms with E-state index in [1.807, 2.05) is 18.2 Å². The van der Waals surface area contributed by atoms with Gasteiger partial charge in [0.25, 0.3) is 5.56 Å². The maximum absolute atomic E-state index is 12.8. The number of rotatable bonds is 3. The number of hydrogen-bond acceptors (Lipinski definition) is 6. The minimum absolute atomic E-state index is 0.0639. The molecule has 6 nitrogen and oxygen atoms in total. The Morgan fingerprint density at radius 3 is 2.77 bits per heavy atom. The van der Waals surface area contributed by atoms with Crippen LogP contribution in [-0.4, -0.2) is 34.0 Å². The van der Waals surface area contributed by atoms with Gasteiger partial charge in [0.2, 0.25) is 0 Å². The molecule has 0 fully saturated rings. The first-order valence-electron chi connectivity index (χ1n) is 8.48. The van der Waals surface area contributed by atoms with E-state index in [2.05, 4.69) is 30.7 Å². The van der Waals surface area contributed by atoms with Gasteiger partial charge in [0.1, 0.15) is 11.6 Å². The van der Waals surface area contributed by atoms with E-state index in [-0.39, 0.29) is 22.5 Å². The highest BCUT2D eigenvalue weighted by molar-refractivity contribution is 7.99. The zero-order chi connectivity index (χ0) is 18.9. The van der Waals surface area contributed by atoms with Gasteiger partial charge in [-0.3, -0.25) is 14.3 Å². The first kappa shape index (κ1) is 18.6. The van der Waals surface area contributed by atoms with Gasteiger partial charge in [-0.1, -0.05) is 32.5 Å². The van der Waals surface area contributed by atoms with E-state index < -0.39 is 0 Å². The van der Waals surface area contributed by atoms with Crippen molar-refractivity contribution in [3.05, 3.63) is 39.9 Å². The number of nitriles is 1. The summed E-state index contributed by atoms with van der Waals surface area (Å²) in [5, 5.41) is 10.2. The number of thioether (sulfide) groups is 1. The van der Waals surface area contributed by atoms with Crippen molar-refractivity contribution in [3.8, 4) is 17.3 Å². The maximum atomic E-state index is 12.8. The highest BCUT2D eigenvalue weighted by Gasteiger charge is 2.25. The standard InChI is InChI=1S/C19H22N4O2S/c1-19(2,3)15-6-5-13(8-21-15)16-14(7-20)17(24)23-9-12(10-25-4)11-26-18(23)22-16/h5-6,8,12H,9-11H2,1-4H3. The number of aromatic nitrogens is 3. The Labute approximate surface area is 157 Å². The molecule has 1 atom stereocenters. The number of fused-ring (bicyclic) bond motifs is 1. The molecule has 1 aliphatic rings. The fourth-order valence-corrected chi connectivity index (χ4v) is 3.99. The Balaban J connectivity index is 2.06. The lowest BCUT2D eigenvalue weighted by atomic mass is 9.91. The number of ether oxygens (including phenoxy) is 1. The molecule has 0 aromatic carbocycles. The second-order valence-corrected chi connectivity index (χ2v) is 8.45. The predicted octanol–water partition coefficient (Wildman–Crippen LogP) is 2.84. The summed E-state index contributed by atoms with van der Waals surface area (Å²) >= 11 is 1.53. The van der Waals surface area contributed by atoms with Gasteiger partial charge in [-0.05, 0) is 12.1 Å². The molecule has 0 bridgehead atoms. The molecule has 0 saturated carbocycles. The summed E-state index contributed by atoms with van der Waals surface area (Å²) in [6, 6.07) is 5.85. The third kappa shape index (κ3) is 3.53. The van der Waals surface area contributed by atoms with Crippen molar-refractivity contribution in [2.75, 3.05) is 19.5 Å². The molecule has 2 aromatic rings. The van der Waals surface area contributed by atoms with Gasteiger partial charge in [0, 0.05) is 48.2 Å². The summed E-state index contributed by atoms with van der Waals surface area (Å²) in [4.78, 5) is 22.0. The highest BCUT2D eigenvalue weighted by atomic mass is 32.2. The first-order valence-corrected chi connectivity index (χ1v) is 9.47. The van der Waals surface area contributed by atoms with Gasteiger partial charge < -0.3 is 4.74 Å². The SMILES string of the molecule is COCC1CSc2nc(-c3ccc(C(C)(C)C)nc3)c(C#N)c(=O)n2C1. The molecule has 7 heteroatoms. The summed E-state index contributed by atoms with van der Waals surface area (Å²) in [6.45, 7) is 7.38. The molecule has 3 rings (SSSR count). The Bertz CT molecular complexity index is 907. The van der Waals surface area contributed by atoms with E-state index in [9.17, 15) is 10.1 Å². The molecule has 0 spiro atoms. The molecule has 0 amide bonds. The summed E-state index contributed by atoms with van der Waals surface area (Å²) in [7, 11) is 1.65. The van der Waals surface area contributed by atoms with Crippen molar-refractivity contribution in [1.29, 1.82) is 5.26 Å². The molecule has 0 saturated heterocycles. The smallest absolute Gasteiger partial charge is 0.272 e. The van der Waals surface area contributed by atoms with E-state index >= 15 is 0 Å². The monoisotopic (exact) mass is 370 g/mol. The second kappa shape index (κ2) is 7.22. The normalized spacial score (nSPS) is 16.8. The highest BCUT2D eigenvalue weighted by Crippen LogP contribution is 2.29. The fraction of sp³-hybridized carbons (Fsp3) is 0.474. The molecule has 0 aliphatic carbocycles. The van der Waals surface area contributed by atoms with E-state index in [0.717, 1.165) is 11.4 Å². The summed E-state index contributed by atoms with van der Waals surface area (Å²) < 4.78 is 6.80. The number of methoxy groups -OCH3 is 1. The minimum atomic E-state index is -0.291. The van der Waals surface area contributed by atoms with Crippen LogP contribution in [0, 0.1) is 17.2 Å². The number of pyridine rings is 1. The molecule has 26 heavy (non-hydrogen) atoms. The predicted molar refractivity (Wildman–Crippen MR) is 101 cm³/mol. The molecule has 2 aromatic heterocycles. The molecular formula is C19H22N4O2S. The second-order valence-electron chi connectivity index (χ2n) is 7.46. The quantitative estimate of drug-likeness (QED) is 0.773. The van der Waals surface area contributed by atoms with Crippen molar-refractivity contribution >= 4 is 11.8 Å². The average molecular weight is 370 g/mol.